The van der Waals surface area contributed by atoms with E-state index >= 15 is 0 Å². The van der Waals surface area contributed by atoms with Crippen molar-refractivity contribution in [2.45, 2.75) is 17.4 Å². The smallest absolute Gasteiger partial charge is 0.0511 e. The average Bonchev–Trinajstić information content (AvgIpc) is 2.46. The van der Waals surface area contributed by atoms with E-state index in [4.69, 9.17) is 5.84 Å². The summed E-state index contributed by atoms with van der Waals surface area (Å²) < 4.78 is 1.25. The Balaban J connectivity index is 2.22. The van der Waals surface area contributed by atoms with Crippen LogP contribution in [0, 0.1) is 3.57 Å². The first-order valence-electron chi connectivity index (χ1n) is 6.08. The molecule has 2 aromatic rings. The number of benzene rings is 2. The van der Waals surface area contributed by atoms with Gasteiger partial charge in [0.15, 0.2) is 0 Å². The topological polar surface area (TPSA) is 38.0 Å². The van der Waals surface area contributed by atoms with Crippen molar-refractivity contribution in [3.63, 3.8) is 0 Å². The van der Waals surface area contributed by atoms with Crippen molar-refractivity contribution in [2.24, 2.45) is 5.84 Å². The summed E-state index contributed by atoms with van der Waals surface area (Å²) in [6.07, 6.45) is 2.99. The summed E-state index contributed by atoms with van der Waals surface area (Å²) in [7, 11) is 0. The number of hydrazine groups is 1. The van der Waals surface area contributed by atoms with Gasteiger partial charge in [0, 0.05) is 8.47 Å². The van der Waals surface area contributed by atoms with Gasteiger partial charge in [0.25, 0.3) is 0 Å². The summed E-state index contributed by atoms with van der Waals surface area (Å²) in [5, 5.41) is 0. The third kappa shape index (κ3) is 3.95. The summed E-state index contributed by atoms with van der Waals surface area (Å²) in [4.78, 5) is 1.27. The van der Waals surface area contributed by atoms with Gasteiger partial charge in [-0.05, 0) is 64.6 Å². The Morgan fingerprint density at radius 2 is 1.84 bits per heavy atom. The van der Waals surface area contributed by atoms with Crippen LogP contribution in [0.5, 0.6) is 0 Å². The number of hydrogen-bond acceptors (Lipinski definition) is 3. The maximum atomic E-state index is 5.75. The molecule has 1 unspecified atom stereocenters. The van der Waals surface area contributed by atoms with E-state index in [0.29, 0.717) is 0 Å². The normalized spacial score (nSPS) is 12.4. The summed E-state index contributed by atoms with van der Waals surface area (Å²) in [6.45, 7) is 0. The van der Waals surface area contributed by atoms with Gasteiger partial charge in [-0.1, -0.05) is 30.3 Å². The zero-order valence-electron chi connectivity index (χ0n) is 10.8. The minimum Gasteiger partial charge on any atom is -0.271 e. The second kappa shape index (κ2) is 7.28. The number of nitrogens with two attached hydrogens (primary N) is 1. The van der Waals surface area contributed by atoms with Crippen molar-refractivity contribution >= 4 is 34.4 Å². The lowest BCUT2D eigenvalue weighted by Gasteiger charge is -2.19. The summed E-state index contributed by atoms with van der Waals surface area (Å²) in [6, 6.07) is 17.1. The first-order valence-corrected chi connectivity index (χ1v) is 8.38. The first-order chi connectivity index (χ1) is 9.24. The van der Waals surface area contributed by atoms with E-state index in [-0.39, 0.29) is 6.04 Å². The Bertz CT molecular complexity index is 528. The van der Waals surface area contributed by atoms with E-state index in [1.165, 1.54) is 19.6 Å². The Labute approximate surface area is 132 Å². The summed E-state index contributed by atoms with van der Waals surface area (Å²) in [5.74, 6) is 5.75. The van der Waals surface area contributed by atoms with Crippen LogP contribution in [0.3, 0.4) is 0 Å². The molecule has 0 spiro atoms. The van der Waals surface area contributed by atoms with E-state index in [9.17, 15) is 0 Å². The van der Waals surface area contributed by atoms with Crippen LogP contribution < -0.4 is 11.3 Å². The second-order valence-corrected chi connectivity index (χ2v) is 6.39. The largest absolute Gasteiger partial charge is 0.271 e. The standard InChI is InChI=1S/C15H17IN2S/c1-19-15-5-3-2-4-13(15)14(18-17)10-11-6-8-12(16)9-7-11/h2-9,14,18H,10,17H2,1H3. The van der Waals surface area contributed by atoms with E-state index in [1.54, 1.807) is 11.8 Å². The molecule has 0 fully saturated rings. The minimum absolute atomic E-state index is 0.142. The highest BCUT2D eigenvalue weighted by atomic mass is 127. The predicted molar refractivity (Wildman–Crippen MR) is 91.2 cm³/mol. The molecule has 0 radical (unpaired) electrons. The summed E-state index contributed by atoms with van der Waals surface area (Å²) >= 11 is 4.07. The highest BCUT2D eigenvalue weighted by molar-refractivity contribution is 14.1. The van der Waals surface area contributed by atoms with Crippen LogP contribution in [0.25, 0.3) is 0 Å². The molecule has 0 saturated heterocycles. The van der Waals surface area contributed by atoms with Crippen molar-refractivity contribution < 1.29 is 0 Å². The van der Waals surface area contributed by atoms with Crippen molar-refractivity contribution in [2.75, 3.05) is 6.26 Å². The van der Waals surface area contributed by atoms with E-state index in [0.717, 1.165) is 6.42 Å². The third-order valence-electron chi connectivity index (χ3n) is 3.07. The quantitative estimate of drug-likeness (QED) is 0.357. The molecular weight excluding hydrogens is 367 g/mol. The van der Waals surface area contributed by atoms with Gasteiger partial charge in [0.05, 0.1) is 6.04 Å². The number of rotatable bonds is 5. The fourth-order valence-corrected chi connectivity index (χ4v) is 3.09. The number of thioether (sulfide) groups is 1. The molecule has 19 heavy (non-hydrogen) atoms. The first kappa shape index (κ1) is 14.8. The van der Waals surface area contributed by atoms with Crippen LogP contribution in [0.1, 0.15) is 17.2 Å². The van der Waals surface area contributed by atoms with Crippen LogP contribution in [-0.4, -0.2) is 6.26 Å². The number of hydrogen-bond donors (Lipinski definition) is 2. The van der Waals surface area contributed by atoms with Crippen LogP contribution in [0.2, 0.25) is 0 Å². The van der Waals surface area contributed by atoms with Crippen molar-refractivity contribution in [3.05, 3.63) is 63.2 Å². The van der Waals surface area contributed by atoms with Gasteiger partial charge in [-0.15, -0.1) is 11.8 Å². The highest BCUT2D eigenvalue weighted by Gasteiger charge is 2.13. The Kier molecular flexibility index (Phi) is 5.69. The fourth-order valence-electron chi connectivity index (χ4n) is 2.07. The SMILES string of the molecule is CSc1ccccc1C(Cc1ccc(I)cc1)NN. The fraction of sp³-hybridized carbons (Fsp3) is 0.200. The molecular formula is C15H17IN2S. The van der Waals surface area contributed by atoms with Gasteiger partial charge in [0.1, 0.15) is 0 Å². The molecule has 3 N–H and O–H groups in total. The Hall–Kier alpha value is -0.560. The van der Waals surface area contributed by atoms with E-state index < -0.39 is 0 Å². The molecule has 100 valence electrons. The number of halogens is 1. The van der Waals surface area contributed by atoms with Crippen LogP contribution in [0.15, 0.2) is 53.4 Å². The number of nitrogens with one attached hydrogen (secondary N) is 1. The van der Waals surface area contributed by atoms with Crippen LogP contribution in [-0.2, 0) is 6.42 Å². The molecule has 0 amide bonds. The Morgan fingerprint density at radius 1 is 1.16 bits per heavy atom. The molecule has 0 aromatic heterocycles. The molecule has 0 aliphatic rings. The van der Waals surface area contributed by atoms with E-state index in [1.807, 2.05) is 0 Å². The second-order valence-electron chi connectivity index (χ2n) is 4.29. The lowest BCUT2D eigenvalue weighted by molar-refractivity contribution is 0.544. The van der Waals surface area contributed by atoms with E-state index in [2.05, 4.69) is 82.8 Å². The molecule has 2 nitrogen and oxygen atoms in total. The molecule has 2 aromatic carbocycles. The van der Waals surface area contributed by atoms with Gasteiger partial charge in [-0.2, -0.15) is 0 Å². The van der Waals surface area contributed by atoms with Crippen molar-refractivity contribution in [1.82, 2.24) is 5.43 Å². The monoisotopic (exact) mass is 384 g/mol. The van der Waals surface area contributed by atoms with Gasteiger partial charge in [0.2, 0.25) is 0 Å². The minimum atomic E-state index is 0.142. The van der Waals surface area contributed by atoms with Crippen LogP contribution >= 0.6 is 34.4 Å². The highest BCUT2D eigenvalue weighted by Crippen LogP contribution is 2.27. The lowest BCUT2D eigenvalue weighted by atomic mass is 9.99. The molecule has 2 rings (SSSR count). The average molecular weight is 384 g/mol. The summed E-state index contributed by atoms with van der Waals surface area (Å²) in [5.41, 5.74) is 5.49. The molecule has 0 aliphatic heterocycles. The molecule has 0 aliphatic carbocycles. The third-order valence-corrected chi connectivity index (χ3v) is 4.60. The van der Waals surface area contributed by atoms with Gasteiger partial charge < -0.3 is 0 Å². The van der Waals surface area contributed by atoms with Gasteiger partial charge >= 0.3 is 0 Å². The zero-order valence-corrected chi connectivity index (χ0v) is 13.7. The maximum absolute atomic E-state index is 5.75. The van der Waals surface area contributed by atoms with Gasteiger partial charge in [-0.25, -0.2) is 0 Å². The zero-order chi connectivity index (χ0) is 13.7. The molecule has 0 heterocycles. The predicted octanol–water partition coefficient (Wildman–Crippen LogP) is 3.76. The molecule has 1 atom stereocenters. The molecule has 0 bridgehead atoms. The molecule has 0 saturated carbocycles. The molecule has 4 heteroatoms. The lowest BCUT2D eigenvalue weighted by Crippen LogP contribution is -2.30. The van der Waals surface area contributed by atoms with Gasteiger partial charge in [-0.3, -0.25) is 11.3 Å². The van der Waals surface area contributed by atoms with Crippen molar-refractivity contribution in [1.29, 1.82) is 0 Å². The maximum Gasteiger partial charge on any atom is 0.0511 e. The van der Waals surface area contributed by atoms with Crippen molar-refractivity contribution in [3.8, 4) is 0 Å². The van der Waals surface area contributed by atoms with Crippen LogP contribution in [0.4, 0.5) is 0 Å². The Morgan fingerprint density at radius 3 is 2.47 bits per heavy atom.